The second kappa shape index (κ2) is 4.00. The lowest BCUT2D eigenvalue weighted by Gasteiger charge is -2.33. The van der Waals surface area contributed by atoms with Crippen LogP contribution in [0.1, 0.15) is 37.7 Å². The van der Waals surface area contributed by atoms with Crippen LogP contribution in [0.15, 0.2) is 18.2 Å². The summed E-state index contributed by atoms with van der Waals surface area (Å²) in [5.74, 6) is 0. The highest BCUT2D eigenvalue weighted by molar-refractivity contribution is 5.68. The van der Waals surface area contributed by atoms with Crippen molar-refractivity contribution in [3.8, 4) is 0 Å². The van der Waals surface area contributed by atoms with Crippen molar-refractivity contribution in [2.45, 2.75) is 44.6 Å². The van der Waals surface area contributed by atoms with Crippen molar-refractivity contribution in [3.63, 3.8) is 0 Å². The summed E-state index contributed by atoms with van der Waals surface area (Å²) in [5.41, 5.74) is 9.81. The minimum absolute atomic E-state index is 0.775. The number of nitrogens with zero attached hydrogens (tertiary/aromatic N) is 1. The van der Waals surface area contributed by atoms with E-state index in [2.05, 4.69) is 17.0 Å². The van der Waals surface area contributed by atoms with Crippen molar-refractivity contribution in [2.24, 2.45) is 0 Å². The van der Waals surface area contributed by atoms with Gasteiger partial charge in [0.1, 0.15) is 0 Å². The Labute approximate surface area is 97.4 Å². The second-order valence-electron chi connectivity index (χ2n) is 5.08. The lowest BCUT2D eigenvalue weighted by Crippen LogP contribution is -2.35. The zero-order valence-electron chi connectivity index (χ0n) is 9.78. The molecule has 0 amide bonds. The third-order valence-electron chi connectivity index (χ3n) is 4.12. The van der Waals surface area contributed by atoms with Crippen molar-refractivity contribution >= 4 is 11.4 Å². The summed E-state index contributed by atoms with van der Waals surface area (Å²) in [5, 5.41) is 0. The predicted octanol–water partition coefficient (Wildman–Crippen LogP) is 2.96. The van der Waals surface area contributed by atoms with Crippen LogP contribution in [0.4, 0.5) is 11.4 Å². The Morgan fingerprint density at radius 2 is 1.94 bits per heavy atom. The van der Waals surface area contributed by atoms with Gasteiger partial charge in [-0.3, -0.25) is 0 Å². The SMILES string of the molecule is Nc1cccc2c1CCN2C1CCCCC1. The van der Waals surface area contributed by atoms with E-state index in [1.54, 1.807) is 0 Å². The Morgan fingerprint density at radius 1 is 1.12 bits per heavy atom. The lowest BCUT2D eigenvalue weighted by molar-refractivity contribution is 0.420. The van der Waals surface area contributed by atoms with Gasteiger partial charge >= 0.3 is 0 Å². The van der Waals surface area contributed by atoms with E-state index in [4.69, 9.17) is 5.73 Å². The molecule has 0 saturated heterocycles. The summed E-state index contributed by atoms with van der Waals surface area (Å²) < 4.78 is 0. The quantitative estimate of drug-likeness (QED) is 0.731. The van der Waals surface area contributed by atoms with Crippen LogP contribution in [0.25, 0.3) is 0 Å². The van der Waals surface area contributed by atoms with Gasteiger partial charge in [0.2, 0.25) is 0 Å². The van der Waals surface area contributed by atoms with E-state index in [0.717, 1.165) is 18.2 Å². The highest BCUT2D eigenvalue weighted by atomic mass is 15.2. The highest BCUT2D eigenvalue weighted by Gasteiger charge is 2.27. The van der Waals surface area contributed by atoms with E-state index in [1.807, 2.05) is 6.07 Å². The van der Waals surface area contributed by atoms with E-state index in [-0.39, 0.29) is 0 Å². The molecule has 0 unspecified atom stereocenters. The predicted molar refractivity (Wildman–Crippen MR) is 68.8 cm³/mol. The second-order valence-corrected chi connectivity index (χ2v) is 5.08. The average Bonchev–Trinajstić information content (AvgIpc) is 2.75. The molecule has 3 rings (SSSR count). The molecule has 2 N–H and O–H groups in total. The molecular weight excluding hydrogens is 196 g/mol. The number of hydrogen-bond acceptors (Lipinski definition) is 2. The maximum absolute atomic E-state index is 6.04. The van der Waals surface area contributed by atoms with Gasteiger partial charge in [0.15, 0.2) is 0 Å². The minimum atomic E-state index is 0.775. The van der Waals surface area contributed by atoms with Crippen LogP contribution < -0.4 is 10.6 Å². The molecule has 1 fully saturated rings. The lowest BCUT2D eigenvalue weighted by atomic mass is 9.94. The normalized spacial score (nSPS) is 21.1. The van der Waals surface area contributed by atoms with Crippen molar-refractivity contribution in [1.82, 2.24) is 0 Å². The first kappa shape index (κ1) is 10.0. The van der Waals surface area contributed by atoms with Gasteiger partial charge in [0.25, 0.3) is 0 Å². The van der Waals surface area contributed by atoms with Gasteiger partial charge in [-0.2, -0.15) is 0 Å². The Kier molecular flexibility index (Phi) is 2.50. The fraction of sp³-hybridized carbons (Fsp3) is 0.571. The van der Waals surface area contributed by atoms with E-state index < -0.39 is 0 Å². The van der Waals surface area contributed by atoms with E-state index >= 15 is 0 Å². The maximum Gasteiger partial charge on any atom is 0.0422 e. The molecule has 1 saturated carbocycles. The van der Waals surface area contributed by atoms with Crippen LogP contribution >= 0.6 is 0 Å². The van der Waals surface area contributed by atoms with Gasteiger partial charge < -0.3 is 10.6 Å². The van der Waals surface area contributed by atoms with Crippen molar-refractivity contribution in [1.29, 1.82) is 0 Å². The van der Waals surface area contributed by atoms with Gasteiger partial charge in [0, 0.05) is 29.5 Å². The number of nitrogens with two attached hydrogens (primary N) is 1. The van der Waals surface area contributed by atoms with Crippen molar-refractivity contribution < 1.29 is 0 Å². The molecule has 0 aromatic heterocycles. The third-order valence-corrected chi connectivity index (χ3v) is 4.12. The van der Waals surface area contributed by atoms with Gasteiger partial charge in [-0.1, -0.05) is 25.3 Å². The molecule has 2 heteroatoms. The average molecular weight is 216 g/mol. The first-order valence-corrected chi connectivity index (χ1v) is 6.50. The van der Waals surface area contributed by atoms with Gasteiger partial charge in [0.05, 0.1) is 0 Å². The maximum atomic E-state index is 6.04. The molecule has 1 aromatic rings. The number of anilines is 2. The molecule has 0 radical (unpaired) electrons. The fourth-order valence-electron chi connectivity index (χ4n) is 3.26. The third kappa shape index (κ3) is 1.57. The summed E-state index contributed by atoms with van der Waals surface area (Å²) in [4.78, 5) is 2.60. The zero-order valence-corrected chi connectivity index (χ0v) is 9.78. The molecule has 1 aliphatic carbocycles. The van der Waals surface area contributed by atoms with Crippen LogP contribution in [0.3, 0.4) is 0 Å². The van der Waals surface area contributed by atoms with Gasteiger partial charge in [-0.15, -0.1) is 0 Å². The first-order chi connectivity index (χ1) is 7.86. The molecule has 2 nitrogen and oxygen atoms in total. The molecule has 0 bridgehead atoms. The number of rotatable bonds is 1. The number of fused-ring (bicyclic) bond motifs is 1. The smallest absolute Gasteiger partial charge is 0.0422 e. The fourth-order valence-corrected chi connectivity index (χ4v) is 3.26. The summed E-state index contributed by atoms with van der Waals surface area (Å²) in [7, 11) is 0. The molecule has 1 heterocycles. The van der Waals surface area contributed by atoms with Crippen LogP contribution in [-0.4, -0.2) is 12.6 Å². The first-order valence-electron chi connectivity index (χ1n) is 6.50. The Hall–Kier alpha value is -1.18. The molecule has 0 spiro atoms. The largest absolute Gasteiger partial charge is 0.398 e. The van der Waals surface area contributed by atoms with Crippen LogP contribution in [0.2, 0.25) is 0 Å². The summed E-state index contributed by atoms with van der Waals surface area (Å²) in [6.07, 6.45) is 8.10. The van der Waals surface area contributed by atoms with Crippen molar-refractivity contribution in [2.75, 3.05) is 17.2 Å². The standard InChI is InChI=1S/C14H20N2/c15-13-7-4-8-14-12(13)9-10-16(14)11-5-2-1-3-6-11/h4,7-8,11H,1-3,5-6,9-10,15H2. The number of hydrogen-bond donors (Lipinski definition) is 1. The Morgan fingerprint density at radius 3 is 2.75 bits per heavy atom. The van der Waals surface area contributed by atoms with E-state index in [0.29, 0.717) is 0 Å². The number of nitrogen functional groups attached to an aromatic ring is 1. The van der Waals surface area contributed by atoms with Gasteiger partial charge in [-0.05, 0) is 31.4 Å². The highest BCUT2D eigenvalue weighted by Crippen LogP contribution is 2.36. The molecule has 0 atom stereocenters. The molecule has 16 heavy (non-hydrogen) atoms. The van der Waals surface area contributed by atoms with Crippen LogP contribution in [0, 0.1) is 0 Å². The molecule has 2 aliphatic rings. The van der Waals surface area contributed by atoms with Crippen LogP contribution in [0.5, 0.6) is 0 Å². The van der Waals surface area contributed by atoms with E-state index in [1.165, 1.54) is 49.9 Å². The molecular formula is C14H20N2. The van der Waals surface area contributed by atoms with Crippen LogP contribution in [-0.2, 0) is 6.42 Å². The zero-order chi connectivity index (χ0) is 11.0. The Balaban J connectivity index is 1.87. The van der Waals surface area contributed by atoms with Gasteiger partial charge in [-0.25, -0.2) is 0 Å². The summed E-state index contributed by atoms with van der Waals surface area (Å²) >= 11 is 0. The number of benzene rings is 1. The Bertz CT molecular complexity index is 380. The topological polar surface area (TPSA) is 29.3 Å². The van der Waals surface area contributed by atoms with Crippen molar-refractivity contribution in [3.05, 3.63) is 23.8 Å². The monoisotopic (exact) mass is 216 g/mol. The van der Waals surface area contributed by atoms with E-state index in [9.17, 15) is 0 Å². The summed E-state index contributed by atoms with van der Waals surface area (Å²) in [6.45, 7) is 1.17. The minimum Gasteiger partial charge on any atom is -0.398 e. The molecule has 86 valence electrons. The molecule has 1 aliphatic heterocycles. The molecule has 1 aromatic carbocycles. The summed E-state index contributed by atoms with van der Waals surface area (Å²) in [6, 6.07) is 7.14.